The van der Waals surface area contributed by atoms with E-state index in [1.54, 1.807) is 55.5 Å². The van der Waals surface area contributed by atoms with Crippen LogP contribution in [-0.2, 0) is 20.1 Å². The molecule has 8 nitrogen and oxygen atoms in total. The van der Waals surface area contributed by atoms with Crippen LogP contribution in [0.15, 0.2) is 91.0 Å². The van der Waals surface area contributed by atoms with E-state index in [9.17, 15) is 33.4 Å². The maximum Gasteiger partial charge on any atom is 0.359 e. The van der Waals surface area contributed by atoms with E-state index in [2.05, 4.69) is 0 Å². The number of rotatable bonds is 10. The number of carbonyl (C=O) groups excluding carboxylic acids is 2. The lowest BCUT2D eigenvalue weighted by Gasteiger charge is -2.19. The second-order valence-corrected chi connectivity index (χ2v) is 16.3. The maximum absolute atomic E-state index is 13.6. The van der Waals surface area contributed by atoms with Gasteiger partial charge in [-0.05, 0) is 100 Å². The first-order chi connectivity index (χ1) is 24.4. The number of hydrogen-bond acceptors (Lipinski definition) is 5. The van der Waals surface area contributed by atoms with E-state index < -0.39 is 15.2 Å². The average molecular weight is 741 g/mol. The summed E-state index contributed by atoms with van der Waals surface area (Å²) in [6.07, 6.45) is 0.592. The molecule has 0 bridgehead atoms. The Morgan fingerprint density at radius 1 is 0.596 bits per heavy atom. The summed E-state index contributed by atoms with van der Waals surface area (Å²) in [5, 5.41) is 0.000625. The van der Waals surface area contributed by atoms with Crippen LogP contribution < -0.4 is 10.6 Å². The van der Waals surface area contributed by atoms with Crippen LogP contribution in [0.2, 0.25) is 0 Å². The van der Waals surface area contributed by atoms with Crippen LogP contribution in [0.25, 0.3) is 11.1 Å². The summed E-state index contributed by atoms with van der Waals surface area (Å²) in [5.41, 5.74) is 9.30. The molecule has 5 aromatic carbocycles. The molecule has 52 heavy (non-hydrogen) atoms. The Labute approximate surface area is 306 Å². The molecule has 0 radical (unpaired) electrons. The molecular formula is C42H46O8P2. The molecule has 10 heteroatoms. The van der Waals surface area contributed by atoms with Crippen LogP contribution in [0.5, 0.6) is 0 Å². The summed E-state index contributed by atoms with van der Waals surface area (Å²) < 4.78 is 29.6. The topological polar surface area (TPSA) is 138 Å². The smallest absolute Gasteiger partial charge is 0.321 e. The monoisotopic (exact) mass is 740 g/mol. The first kappa shape index (κ1) is 40.5. The Morgan fingerprint density at radius 2 is 1.04 bits per heavy atom. The molecular weight excluding hydrogens is 694 g/mol. The van der Waals surface area contributed by atoms with Crippen LogP contribution in [-0.4, -0.2) is 32.9 Å². The van der Waals surface area contributed by atoms with E-state index in [0.717, 1.165) is 38.9 Å². The molecule has 272 valence electrons. The largest absolute Gasteiger partial charge is 0.359 e. The van der Waals surface area contributed by atoms with Gasteiger partial charge in [0.25, 0.3) is 0 Å². The van der Waals surface area contributed by atoms with Crippen molar-refractivity contribution in [2.45, 2.75) is 61.8 Å². The predicted octanol–water partition coefficient (Wildman–Crippen LogP) is 8.57. The number of aryl methyl sites for hydroxylation is 7. The maximum atomic E-state index is 13.6. The Hall–Kier alpha value is -4.26. The molecule has 1 atom stereocenters. The van der Waals surface area contributed by atoms with Crippen molar-refractivity contribution in [3.63, 3.8) is 0 Å². The van der Waals surface area contributed by atoms with Crippen molar-refractivity contribution in [2.24, 2.45) is 0 Å². The van der Waals surface area contributed by atoms with Gasteiger partial charge in [-0.1, -0.05) is 96.9 Å². The SMILES string of the molecule is CCOP(=O)(O)c1ccccc1C(=O)c1c(C)cc(C)cc1C.CCc1cccc(P(=O)(O)O)c1-c1ccccc1C(=O)c1c(C)cc(C)cc1C. The number of ketones is 2. The molecule has 5 rings (SSSR count). The van der Waals surface area contributed by atoms with Crippen LogP contribution >= 0.6 is 15.2 Å². The van der Waals surface area contributed by atoms with Crippen LogP contribution in [0, 0.1) is 41.5 Å². The lowest BCUT2D eigenvalue weighted by molar-refractivity contribution is 0.103. The summed E-state index contributed by atoms with van der Waals surface area (Å²) >= 11 is 0. The first-order valence-electron chi connectivity index (χ1n) is 17.0. The summed E-state index contributed by atoms with van der Waals surface area (Å²) in [6.45, 7) is 15.2. The Bertz CT molecular complexity index is 2200. The van der Waals surface area contributed by atoms with Crippen LogP contribution in [0.1, 0.15) is 84.6 Å². The van der Waals surface area contributed by atoms with Crippen molar-refractivity contribution in [3.8, 4) is 11.1 Å². The van der Waals surface area contributed by atoms with E-state index >= 15 is 0 Å². The molecule has 0 heterocycles. The molecule has 0 amide bonds. The van der Waals surface area contributed by atoms with Gasteiger partial charge in [-0.15, -0.1) is 0 Å². The molecule has 0 saturated heterocycles. The first-order valence-corrected chi connectivity index (χ1v) is 20.2. The van der Waals surface area contributed by atoms with Crippen molar-refractivity contribution < 1.29 is 37.9 Å². The van der Waals surface area contributed by atoms with Gasteiger partial charge in [-0.3, -0.25) is 18.7 Å². The van der Waals surface area contributed by atoms with Gasteiger partial charge < -0.3 is 19.2 Å². The normalized spacial score (nSPS) is 12.4. The quantitative estimate of drug-likeness (QED) is 0.0957. The van der Waals surface area contributed by atoms with Gasteiger partial charge >= 0.3 is 15.2 Å². The molecule has 3 N–H and O–H groups in total. The highest BCUT2D eigenvalue weighted by atomic mass is 31.2. The predicted molar refractivity (Wildman–Crippen MR) is 209 cm³/mol. The van der Waals surface area contributed by atoms with Gasteiger partial charge in [0.05, 0.1) is 17.2 Å². The van der Waals surface area contributed by atoms with Gasteiger partial charge in [0.1, 0.15) is 0 Å². The highest BCUT2D eigenvalue weighted by Gasteiger charge is 2.30. The van der Waals surface area contributed by atoms with E-state index in [0.29, 0.717) is 34.2 Å². The van der Waals surface area contributed by atoms with Gasteiger partial charge in [-0.2, -0.15) is 0 Å². The molecule has 5 aromatic rings. The molecule has 0 aliphatic carbocycles. The molecule has 0 saturated carbocycles. The van der Waals surface area contributed by atoms with E-state index in [4.69, 9.17) is 4.52 Å². The fraction of sp³-hybridized carbons (Fsp3) is 0.238. The fourth-order valence-corrected chi connectivity index (χ4v) is 8.92. The van der Waals surface area contributed by atoms with Crippen molar-refractivity contribution in [2.75, 3.05) is 6.61 Å². The van der Waals surface area contributed by atoms with Gasteiger partial charge in [0.2, 0.25) is 0 Å². The molecule has 0 aliphatic heterocycles. The van der Waals surface area contributed by atoms with E-state index in [-0.39, 0.29) is 34.3 Å². The van der Waals surface area contributed by atoms with Gasteiger partial charge in [0.15, 0.2) is 11.6 Å². The van der Waals surface area contributed by atoms with E-state index in [1.807, 2.05) is 78.8 Å². The zero-order valence-corrected chi connectivity index (χ0v) is 32.6. The zero-order valence-electron chi connectivity index (χ0n) is 30.9. The third-order valence-electron chi connectivity index (χ3n) is 8.83. The minimum absolute atomic E-state index is 0.0468. The van der Waals surface area contributed by atoms with E-state index in [1.165, 1.54) is 12.1 Å². The van der Waals surface area contributed by atoms with Gasteiger partial charge in [-0.25, -0.2) is 0 Å². The average Bonchev–Trinajstić information content (AvgIpc) is 3.06. The summed E-state index contributed by atoms with van der Waals surface area (Å²) in [5.74, 6) is -0.400. The van der Waals surface area contributed by atoms with Crippen LogP contribution in [0.3, 0.4) is 0 Å². The number of hydrogen-bond donors (Lipinski definition) is 3. The molecule has 1 unspecified atom stereocenters. The number of carbonyl (C=O) groups is 2. The van der Waals surface area contributed by atoms with Gasteiger partial charge in [0, 0.05) is 27.8 Å². The third kappa shape index (κ3) is 8.85. The molecule has 0 spiro atoms. The summed E-state index contributed by atoms with van der Waals surface area (Å²) in [6, 6.07) is 26.2. The standard InChI is InChI=1S/C24H25O4P.C18H21O4P/c1-5-18-9-8-12-21(29(26,27)28)23(18)19-10-6-7-11-20(19)24(25)22-16(3)13-15(2)14-17(22)4;1-5-22-23(20,21)16-9-7-6-8-15(16)18(19)17-13(3)10-12(2)11-14(17)4/h6-14H,5H2,1-4H3,(H2,26,27,28);6-11H,5H2,1-4H3,(H,20,21). The van der Waals surface area contributed by atoms with Crippen LogP contribution in [0.4, 0.5) is 0 Å². The van der Waals surface area contributed by atoms with Crippen molar-refractivity contribution in [1.29, 1.82) is 0 Å². The van der Waals surface area contributed by atoms with Crippen molar-refractivity contribution in [3.05, 3.63) is 152 Å². The molecule has 0 aromatic heterocycles. The lowest BCUT2D eigenvalue weighted by Crippen LogP contribution is -2.19. The summed E-state index contributed by atoms with van der Waals surface area (Å²) in [4.78, 5) is 56.6. The highest BCUT2D eigenvalue weighted by Crippen LogP contribution is 2.42. The highest BCUT2D eigenvalue weighted by molar-refractivity contribution is 7.61. The van der Waals surface area contributed by atoms with Crippen molar-refractivity contribution >= 4 is 37.4 Å². The molecule has 0 aliphatic rings. The second kappa shape index (κ2) is 16.6. The Balaban J connectivity index is 0.000000239. The zero-order chi connectivity index (χ0) is 38.5. The summed E-state index contributed by atoms with van der Waals surface area (Å²) in [7, 11) is -8.54. The fourth-order valence-electron chi connectivity index (χ4n) is 6.84. The Kier molecular flexibility index (Phi) is 12.9. The minimum Gasteiger partial charge on any atom is -0.321 e. The van der Waals surface area contributed by atoms with Crippen molar-refractivity contribution in [1.82, 2.24) is 0 Å². The number of benzene rings is 5. The second-order valence-electron chi connectivity index (χ2n) is 12.9. The minimum atomic E-state index is -4.52. The lowest BCUT2D eigenvalue weighted by atomic mass is 9.87. The molecule has 0 fully saturated rings. The Morgan fingerprint density at radius 3 is 1.52 bits per heavy atom. The third-order valence-corrected chi connectivity index (χ3v) is 11.4.